The first-order valence-electron chi connectivity index (χ1n) is 9.90. The van der Waals surface area contributed by atoms with Gasteiger partial charge in [-0.05, 0) is 23.3 Å². The monoisotopic (exact) mass is 373 g/mol. The number of nitrogens with one attached hydrogen (secondary N) is 1. The SMILES string of the molecule is CC.CC.C[n+]1ccc2c(-c3ccccc3)cc(=O)[nH]c2c1-c1ccccc1. The van der Waals surface area contributed by atoms with Crippen LogP contribution >= 0.6 is 0 Å². The van der Waals surface area contributed by atoms with E-state index in [0.29, 0.717) is 0 Å². The lowest BCUT2D eigenvalue weighted by Gasteiger charge is -2.09. The van der Waals surface area contributed by atoms with Gasteiger partial charge in [0.25, 0.3) is 0 Å². The van der Waals surface area contributed by atoms with Gasteiger partial charge in [-0.15, -0.1) is 0 Å². The molecular formula is C25H29N2O+. The first kappa shape index (κ1) is 21.1. The van der Waals surface area contributed by atoms with Gasteiger partial charge in [-0.3, -0.25) is 4.79 Å². The van der Waals surface area contributed by atoms with Gasteiger partial charge in [0.1, 0.15) is 12.6 Å². The number of nitrogens with zero attached hydrogens (tertiary/aromatic N) is 1. The molecule has 0 aliphatic heterocycles. The van der Waals surface area contributed by atoms with Crippen LogP contribution in [0.5, 0.6) is 0 Å². The molecular weight excluding hydrogens is 344 g/mol. The van der Waals surface area contributed by atoms with Gasteiger partial charge in [0.15, 0.2) is 6.20 Å². The Labute approximate surface area is 167 Å². The minimum atomic E-state index is -0.0928. The third-order valence-electron chi connectivity index (χ3n) is 4.27. The number of aromatic nitrogens is 2. The third-order valence-corrected chi connectivity index (χ3v) is 4.27. The zero-order chi connectivity index (χ0) is 20.5. The molecule has 144 valence electrons. The topological polar surface area (TPSA) is 36.7 Å². The van der Waals surface area contributed by atoms with Crippen LogP contribution in [0.25, 0.3) is 33.3 Å². The van der Waals surface area contributed by atoms with Crippen molar-refractivity contribution in [2.45, 2.75) is 27.7 Å². The summed E-state index contributed by atoms with van der Waals surface area (Å²) in [6, 6.07) is 23.9. The zero-order valence-electron chi connectivity index (χ0n) is 17.4. The Kier molecular flexibility index (Phi) is 7.70. The number of H-pyrrole nitrogens is 1. The molecule has 0 aliphatic carbocycles. The molecule has 0 fully saturated rings. The predicted octanol–water partition coefficient (Wildman–Crippen LogP) is 5.74. The number of fused-ring (bicyclic) bond motifs is 1. The highest BCUT2D eigenvalue weighted by Crippen LogP contribution is 2.29. The van der Waals surface area contributed by atoms with Crippen LogP contribution in [-0.4, -0.2) is 4.98 Å². The van der Waals surface area contributed by atoms with E-state index in [1.807, 2.05) is 94.0 Å². The van der Waals surface area contributed by atoms with E-state index in [2.05, 4.69) is 23.2 Å². The second-order valence-corrected chi connectivity index (χ2v) is 5.84. The molecule has 1 N–H and O–H groups in total. The van der Waals surface area contributed by atoms with Crippen molar-refractivity contribution in [1.29, 1.82) is 0 Å². The lowest BCUT2D eigenvalue weighted by Crippen LogP contribution is -2.31. The smallest absolute Gasteiger partial charge is 0.249 e. The standard InChI is InChI=1S/C21H16N2O.2C2H6/c1-23-13-12-17-18(15-8-4-2-5-9-15)14-19(24)22-20(17)21(23)16-10-6-3-7-11-16;2*1-2/h2-14H,1H3;2*1-2H3/p+1. The fourth-order valence-corrected chi connectivity index (χ4v) is 3.17. The summed E-state index contributed by atoms with van der Waals surface area (Å²) >= 11 is 0. The molecule has 2 aromatic heterocycles. The average Bonchev–Trinajstić information content (AvgIpc) is 2.77. The number of pyridine rings is 2. The third kappa shape index (κ3) is 4.37. The molecule has 28 heavy (non-hydrogen) atoms. The Morgan fingerprint density at radius 1 is 0.750 bits per heavy atom. The summed E-state index contributed by atoms with van der Waals surface area (Å²) < 4.78 is 2.04. The van der Waals surface area contributed by atoms with Crippen molar-refractivity contribution in [3.05, 3.63) is 89.3 Å². The molecule has 0 aliphatic rings. The molecule has 4 aromatic rings. The van der Waals surface area contributed by atoms with Gasteiger partial charge in [-0.1, -0.05) is 76.2 Å². The summed E-state index contributed by atoms with van der Waals surface area (Å²) in [6.45, 7) is 8.00. The van der Waals surface area contributed by atoms with Gasteiger partial charge in [0.05, 0.1) is 0 Å². The molecule has 0 spiro atoms. The molecule has 0 unspecified atom stereocenters. The van der Waals surface area contributed by atoms with Crippen molar-refractivity contribution in [2.75, 3.05) is 0 Å². The molecule has 2 aromatic carbocycles. The van der Waals surface area contributed by atoms with Crippen LogP contribution in [0.2, 0.25) is 0 Å². The molecule has 0 saturated carbocycles. The van der Waals surface area contributed by atoms with Gasteiger partial charge in [-0.2, -0.15) is 4.57 Å². The van der Waals surface area contributed by atoms with Crippen molar-refractivity contribution in [3.63, 3.8) is 0 Å². The summed E-state index contributed by atoms with van der Waals surface area (Å²) in [5, 5.41) is 1.04. The quantitative estimate of drug-likeness (QED) is 0.447. The van der Waals surface area contributed by atoms with E-state index >= 15 is 0 Å². The predicted molar refractivity (Wildman–Crippen MR) is 119 cm³/mol. The van der Waals surface area contributed by atoms with Crippen LogP contribution in [0.1, 0.15) is 27.7 Å². The molecule has 3 nitrogen and oxygen atoms in total. The van der Waals surface area contributed by atoms with Crippen molar-refractivity contribution in [3.8, 4) is 22.4 Å². The second-order valence-electron chi connectivity index (χ2n) is 5.84. The molecule has 0 saturated heterocycles. The molecule has 2 heterocycles. The lowest BCUT2D eigenvalue weighted by atomic mass is 9.99. The highest BCUT2D eigenvalue weighted by atomic mass is 16.1. The normalized spacial score (nSPS) is 9.75. The van der Waals surface area contributed by atoms with Gasteiger partial charge in [0.2, 0.25) is 11.3 Å². The zero-order valence-corrected chi connectivity index (χ0v) is 17.4. The van der Waals surface area contributed by atoms with Gasteiger partial charge in [0, 0.05) is 23.1 Å². The Morgan fingerprint density at radius 3 is 1.86 bits per heavy atom. The summed E-state index contributed by atoms with van der Waals surface area (Å²) in [7, 11) is 2.00. The maximum Gasteiger partial charge on any atom is 0.249 e. The van der Waals surface area contributed by atoms with E-state index < -0.39 is 0 Å². The minimum Gasteiger partial charge on any atom is -0.316 e. The number of hydrogen-bond acceptors (Lipinski definition) is 1. The average molecular weight is 374 g/mol. The maximum absolute atomic E-state index is 12.3. The van der Waals surface area contributed by atoms with E-state index in [0.717, 1.165) is 33.3 Å². The van der Waals surface area contributed by atoms with Crippen LogP contribution in [0.4, 0.5) is 0 Å². The van der Waals surface area contributed by atoms with E-state index in [9.17, 15) is 4.79 Å². The lowest BCUT2D eigenvalue weighted by molar-refractivity contribution is -0.659. The van der Waals surface area contributed by atoms with E-state index in [1.165, 1.54) is 0 Å². The molecule has 4 rings (SSSR count). The molecule has 0 amide bonds. The summed E-state index contributed by atoms with van der Waals surface area (Å²) in [6.07, 6.45) is 2.04. The molecule has 0 atom stereocenters. The minimum absolute atomic E-state index is 0.0928. The Hall–Kier alpha value is -3.20. The van der Waals surface area contributed by atoms with Gasteiger partial charge >= 0.3 is 0 Å². The fraction of sp³-hybridized carbons (Fsp3) is 0.200. The van der Waals surface area contributed by atoms with Crippen LogP contribution in [0, 0.1) is 0 Å². The van der Waals surface area contributed by atoms with Crippen molar-refractivity contribution in [2.24, 2.45) is 7.05 Å². The second kappa shape index (κ2) is 10.2. The van der Waals surface area contributed by atoms with E-state index in [-0.39, 0.29) is 5.56 Å². The first-order valence-corrected chi connectivity index (χ1v) is 9.90. The van der Waals surface area contributed by atoms with Gasteiger partial charge in [-0.25, -0.2) is 0 Å². The largest absolute Gasteiger partial charge is 0.316 e. The number of aromatic amines is 1. The van der Waals surface area contributed by atoms with Crippen molar-refractivity contribution >= 4 is 10.9 Å². The highest BCUT2D eigenvalue weighted by molar-refractivity contribution is 5.99. The number of rotatable bonds is 2. The van der Waals surface area contributed by atoms with Crippen molar-refractivity contribution in [1.82, 2.24) is 4.98 Å². The number of aryl methyl sites for hydroxylation is 1. The molecule has 0 radical (unpaired) electrons. The number of hydrogen-bond donors (Lipinski definition) is 1. The molecule has 3 heteroatoms. The van der Waals surface area contributed by atoms with E-state index in [1.54, 1.807) is 6.07 Å². The Morgan fingerprint density at radius 2 is 1.29 bits per heavy atom. The molecule has 0 bridgehead atoms. The Bertz CT molecular complexity index is 1070. The van der Waals surface area contributed by atoms with Gasteiger partial charge < -0.3 is 4.98 Å². The highest BCUT2D eigenvalue weighted by Gasteiger charge is 2.18. The maximum atomic E-state index is 12.3. The summed E-state index contributed by atoms with van der Waals surface area (Å²) in [5.41, 5.74) is 4.84. The fourth-order valence-electron chi connectivity index (χ4n) is 3.17. The van der Waals surface area contributed by atoms with Crippen LogP contribution in [-0.2, 0) is 7.05 Å². The van der Waals surface area contributed by atoms with Crippen molar-refractivity contribution < 1.29 is 4.57 Å². The number of benzene rings is 2. The summed E-state index contributed by atoms with van der Waals surface area (Å²) in [4.78, 5) is 15.3. The van der Waals surface area contributed by atoms with E-state index in [4.69, 9.17) is 0 Å². The first-order chi connectivity index (χ1) is 13.7. The Balaban J connectivity index is 0.000000660. The van der Waals surface area contributed by atoms with Crippen LogP contribution in [0.3, 0.4) is 0 Å². The summed E-state index contributed by atoms with van der Waals surface area (Å²) in [5.74, 6) is 0. The van der Waals surface area contributed by atoms with Crippen LogP contribution < -0.4 is 10.1 Å². The van der Waals surface area contributed by atoms with Crippen LogP contribution in [0.15, 0.2) is 83.8 Å².